The van der Waals surface area contributed by atoms with Crippen molar-refractivity contribution >= 4 is 27.3 Å². The van der Waals surface area contributed by atoms with Crippen molar-refractivity contribution < 1.29 is 13.2 Å². The van der Waals surface area contributed by atoms with E-state index in [1.165, 1.54) is 0 Å². The van der Waals surface area contributed by atoms with Crippen LogP contribution < -0.4 is 10.0 Å². The Balaban J connectivity index is 2.19. The molecule has 98 valence electrons. The maximum absolute atomic E-state index is 11.6. The van der Waals surface area contributed by atoms with Crippen LogP contribution in [0.5, 0.6) is 0 Å². The lowest BCUT2D eigenvalue weighted by atomic mass is 10.0. The number of amides is 1. The van der Waals surface area contributed by atoms with Crippen molar-refractivity contribution in [2.75, 3.05) is 15.8 Å². The maximum atomic E-state index is 11.6. The third-order valence-electron chi connectivity index (χ3n) is 2.75. The van der Waals surface area contributed by atoms with Crippen LogP contribution in [0.3, 0.4) is 0 Å². The molecule has 0 fully saturated rings. The van der Waals surface area contributed by atoms with Gasteiger partial charge in [0.05, 0.1) is 5.75 Å². The van der Waals surface area contributed by atoms with E-state index in [2.05, 4.69) is 10.0 Å². The number of fused-ring (bicyclic) bond motifs is 1. The first kappa shape index (κ1) is 12.9. The Bertz CT molecular complexity index is 567. The van der Waals surface area contributed by atoms with Crippen molar-refractivity contribution in [1.82, 2.24) is 0 Å². The molecule has 18 heavy (non-hydrogen) atoms. The van der Waals surface area contributed by atoms with Crippen LogP contribution in [-0.2, 0) is 21.2 Å². The quantitative estimate of drug-likeness (QED) is 0.873. The van der Waals surface area contributed by atoms with E-state index in [0.29, 0.717) is 24.9 Å². The number of nitrogens with one attached hydrogen (secondary N) is 2. The maximum Gasteiger partial charge on any atom is 0.232 e. The van der Waals surface area contributed by atoms with Gasteiger partial charge in [0.25, 0.3) is 0 Å². The average Bonchev–Trinajstić information content (AvgIpc) is 2.28. The van der Waals surface area contributed by atoms with Gasteiger partial charge in [0.15, 0.2) is 0 Å². The number of carbonyl (C=O) groups excluding carboxylic acids is 1. The van der Waals surface area contributed by atoms with Gasteiger partial charge in [0.2, 0.25) is 15.9 Å². The molecule has 0 spiro atoms. The minimum atomic E-state index is -3.26. The molecule has 1 aromatic rings. The van der Waals surface area contributed by atoms with Gasteiger partial charge < -0.3 is 5.32 Å². The monoisotopic (exact) mass is 268 g/mol. The third-order valence-corrected chi connectivity index (χ3v) is 4.24. The molecular weight excluding hydrogens is 252 g/mol. The fraction of sp³-hybridized carbons (Fsp3) is 0.417. The summed E-state index contributed by atoms with van der Waals surface area (Å²) in [5.74, 6) is 0.114. The van der Waals surface area contributed by atoms with E-state index < -0.39 is 10.0 Å². The third kappa shape index (κ3) is 3.01. The van der Waals surface area contributed by atoms with Crippen LogP contribution in [-0.4, -0.2) is 20.1 Å². The predicted octanol–water partition coefficient (Wildman–Crippen LogP) is 1.72. The Morgan fingerprint density at radius 3 is 2.83 bits per heavy atom. The summed E-state index contributed by atoms with van der Waals surface area (Å²) in [6, 6.07) is 5.18. The normalized spacial score (nSPS) is 14.8. The lowest BCUT2D eigenvalue weighted by Gasteiger charge is -2.18. The SMILES string of the molecule is CCCS(=O)(=O)Nc1ccc2c(c1)CCC(=O)N2. The second-order valence-corrected chi connectivity index (χ2v) is 6.18. The van der Waals surface area contributed by atoms with E-state index >= 15 is 0 Å². The molecule has 0 unspecified atom stereocenters. The summed E-state index contributed by atoms with van der Waals surface area (Å²) in [5.41, 5.74) is 2.29. The Hall–Kier alpha value is -1.56. The van der Waals surface area contributed by atoms with Crippen LogP contribution in [0.4, 0.5) is 11.4 Å². The second kappa shape index (κ2) is 4.97. The van der Waals surface area contributed by atoms with Gasteiger partial charge in [-0.25, -0.2) is 8.42 Å². The van der Waals surface area contributed by atoms with E-state index in [1.54, 1.807) is 18.2 Å². The molecule has 1 aliphatic heterocycles. The highest BCUT2D eigenvalue weighted by atomic mass is 32.2. The molecule has 0 saturated carbocycles. The predicted molar refractivity (Wildman–Crippen MR) is 71.1 cm³/mol. The number of aryl methyl sites for hydroxylation is 1. The van der Waals surface area contributed by atoms with E-state index in [0.717, 1.165) is 11.3 Å². The molecule has 0 saturated heterocycles. The van der Waals surface area contributed by atoms with E-state index in [-0.39, 0.29) is 11.7 Å². The van der Waals surface area contributed by atoms with Crippen molar-refractivity contribution in [3.05, 3.63) is 23.8 Å². The Morgan fingerprint density at radius 2 is 2.11 bits per heavy atom. The highest BCUT2D eigenvalue weighted by Gasteiger charge is 2.16. The molecule has 1 aromatic carbocycles. The first-order valence-electron chi connectivity index (χ1n) is 5.93. The number of hydrogen-bond acceptors (Lipinski definition) is 3. The number of carbonyl (C=O) groups is 1. The highest BCUT2D eigenvalue weighted by Crippen LogP contribution is 2.26. The van der Waals surface area contributed by atoms with Crippen molar-refractivity contribution in [3.8, 4) is 0 Å². The van der Waals surface area contributed by atoms with Gasteiger partial charge in [-0.2, -0.15) is 0 Å². The van der Waals surface area contributed by atoms with E-state index in [1.807, 2.05) is 6.92 Å². The van der Waals surface area contributed by atoms with Crippen LogP contribution >= 0.6 is 0 Å². The molecule has 1 heterocycles. The molecule has 2 rings (SSSR count). The molecule has 1 aliphatic rings. The van der Waals surface area contributed by atoms with Crippen molar-refractivity contribution in [2.45, 2.75) is 26.2 Å². The van der Waals surface area contributed by atoms with Crippen LogP contribution in [0.2, 0.25) is 0 Å². The second-order valence-electron chi connectivity index (χ2n) is 4.34. The minimum Gasteiger partial charge on any atom is -0.326 e. The largest absolute Gasteiger partial charge is 0.326 e. The van der Waals surface area contributed by atoms with Crippen LogP contribution in [0.15, 0.2) is 18.2 Å². The number of hydrogen-bond donors (Lipinski definition) is 2. The fourth-order valence-electron chi connectivity index (χ4n) is 1.95. The number of rotatable bonds is 4. The van der Waals surface area contributed by atoms with Crippen molar-refractivity contribution in [2.24, 2.45) is 0 Å². The summed E-state index contributed by atoms with van der Waals surface area (Å²) in [4.78, 5) is 11.2. The minimum absolute atomic E-state index is 0.00168. The lowest BCUT2D eigenvalue weighted by molar-refractivity contribution is -0.116. The summed E-state index contributed by atoms with van der Waals surface area (Å²) >= 11 is 0. The zero-order valence-electron chi connectivity index (χ0n) is 10.2. The summed E-state index contributed by atoms with van der Waals surface area (Å²) in [5, 5.41) is 2.76. The zero-order valence-corrected chi connectivity index (χ0v) is 11.0. The number of sulfonamides is 1. The van der Waals surface area contributed by atoms with Crippen LogP contribution in [0.1, 0.15) is 25.3 Å². The molecule has 0 atom stereocenters. The van der Waals surface area contributed by atoms with E-state index in [4.69, 9.17) is 0 Å². The molecule has 2 N–H and O–H groups in total. The Labute approximate surface area is 107 Å². The summed E-state index contributed by atoms with van der Waals surface area (Å²) in [6.07, 6.45) is 1.67. The highest BCUT2D eigenvalue weighted by molar-refractivity contribution is 7.92. The summed E-state index contributed by atoms with van der Waals surface area (Å²) in [6.45, 7) is 1.82. The van der Waals surface area contributed by atoms with Gasteiger partial charge in [-0.3, -0.25) is 9.52 Å². The first-order chi connectivity index (χ1) is 8.50. The van der Waals surface area contributed by atoms with Gasteiger partial charge in [0.1, 0.15) is 0 Å². The lowest BCUT2D eigenvalue weighted by Crippen LogP contribution is -2.20. The molecule has 6 heteroatoms. The standard InChI is InChI=1S/C12H16N2O3S/c1-2-7-18(16,17)14-10-4-5-11-9(8-10)3-6-12(15)13-11/h4-5,8,14H,2-3,6-7H2,1H3,(H,13,15). The number of anilines is 2. The van der Waals surface area contributed by atoms with Gasteiger partial charge in [-0.1, -0.05) is 6.92 Å². The van der Waals surface area contributed by atoms with Gasteiger partial charge in [-0.15, -0.1) is 0 Å². The number of benzene rings is 1. The molecular formula is C12H16N2O3S. The smallest absolute Gasteiger partial charge is 0.232 e. The van der Waals surface area contributed by atoms with Crippen molar-refractivity contribution in [3.63, 3.8) is 0 Å². The Morgan fingerprint density at radius 1 is 1.33 bits per heavy atom. The summed E-state index contributed by atoms with van der Waals surface area (Å²) in [7, 11) is -3.26. The van der Waals surface area contributed by atoms with E-state index in [9.17, 15) is 13.2 Å². The fourth-order valence-corrected chi connectivity index (χ4v) is 3.07. The molecule has 5 nitrogen and oxygen atoms in total. The molecule has 0 aliphatic carbocycles. The molecule has 1 amide bonds. The van der Waals surface area contributed by atoms with Crippen molar-refractivity contribution in [1.29, 1.82) is 0 Å². The topological polar surface area (TPSA) is 75.3 Å². The van der Waals surface area contributed by atoms with Gasteiger partial charge in [-0.05, 0) is 36.6 Å². The van der Waals surface area contributed by atoms with Crippen LogP contribution in [0, 0.1) is 0 Å². The molecule has 0 bridgehead atoms. The average molecular weight is 268 g/mol. The molecule has 0 radical (unpaired) electrons. The first-order valence-corrected chi connectivity index (χ1v) is 7.58. The Kier molecular flexibility index (Phi) is 3.56. The molecule has 0 aromatic heterocycles. The van der Waals surface area contributed by atoms with Crippen LogP contribution in [0.25, 0.3) is 0 Å². The zero-order chi connectivity index (χ0) is 13.2. The van der Waals surface area contributed by atoms with Gasteiger partial charge >= 0.3 is 0 Å². The summed E-state index contributed by atoms with van der Waals surface area (Å²) < 4.78 is 25.8. The van der Waals surface area contributed by atoms with Gasteiger partial charge in [0, 0.05) is 17.8 Å².